The molecule has 3 nitrogen and oxygen atoms in total. The molecule has 1 rings (SSSR count). The van der Waals surface area contributed by atoms with Crippen molar-refractivity contribution in [3.8, 4) is 6.07 Å². The summed E-state index contributed by atoms with van der Waals surface area (Å²) in [7, 11) is 0. The van der Waals surface area contributed by atoms with Crippen molar-refractivity contribution in [2.24, 2.45) is 0 Å². The quantitative estimate of drug-likeness (QED) is 0.506. The second-order valence-electron chi connectivity index (χ2n) is 5.09. The van der Waals surface area contributed by atoms with E-state index >= 15 is 0 Å². The van der Waals surface area contributed by atoms with Crippen LogP contribution in [-0.2, 0) is 4.79 Å². The van der Waals surface area contributed by atoms with E-state index in [-0.39, 0.29) is 11.5 Å². The van der Waals surface area contributed by atoms with Gasteiger partial charge in [-0.3, -0.25) is 4.79 Å². The number of hydrogen-bond donors (Lipinski definition) is 1. The third-order valence-corrected chi connectivity index (χ3v) is 3.21. The third-order valence-electron chi connectivity index (χ3n) is 3.21. The number of rotatable bonds is 5. The molecule has 1 N–H and O–H groups in total. The van der Waals surface area contributed by atoms with Crippen LogP contribution in [0.3, 0.4) is 0 Å². The Morgan fingerprint density at radius 3 is 2.40 bits per heavy atom. The maximum absolute atomic E-state index is 11.9. The van der Waals surface area contributed by atoms with Crippen LogP contribution in [0.1, 0.15) is 42.0 Å². The molecule has 106 valence electrons. The molecule has 1 aromatic rings. The summed E-state index contributed by atoms with van der Waals surface area (Å²) in [6.45, 7) is 8.70. The Bertz CT molecular complexity index is 542. The average Bonchev–Trinajstić information content (AvgIpc) is 2.38. The van der Waals surface area contributed by atoms with Gasteiger partial charge in [0, 0.05) is 6.54 Å². The maximum atomic E-state index is 11.9. The Labute approximate surface area is 121 Å². The van der Waals surface area contributed by atoms with Crippen molar-refractivity contribution in [2.75, 3.05) is 6.54 Å². The van der Waals surface area contributed by atoms with Crippen LogP contribution in [0.4, 0.5) is 0 Å². The topological polar surface area (TPSA) is 52.9 Å². The molecule has 0 atom stereocenters. The highest BCUT2D eigenvalue weighted by molar-refractivity contribution is 6.02. The monoisotopic (exact) mass is 270 g/mol. The summed E-state index contributed by atoms with van der Waals surface area (Å²) < 4.78 is 0. The summed E-state index contributed by atoms with van der Waals surface area (Å²) in [4.78, 5) is 11.9. The van der Waals surface area contributed by atoms with Crippen LogP contribution in [0.15, 0.2) is 17.7 Å². The van der Waals surface area contributed by atoms with E-state index in [4.69, 9.17) is 0 Å². The van der Waals surface area contributed by atoms with Crippen molar-refractivity contribution in [3.05, 3.63) is 40.0 Å². The van der Waals surface area contributed by atoms with Crippen LogP contribution in [-0.4, -0.2) is 12.5 Å². The Morgan fingerprint density at radius 1 is 1.30 bits per heavy atom. The van der Waals surface area contributed by atoms with Crippen LogP contribution in [0.25, 0.3) is 6.08 Å². The van der Waals surface area contributed by atoms with Crippen molar-refractivity contribution in [2.45, 2.75) is 40.5 Å². The van der Waals surface area contributed by atoms with Crippen LogP contribution in [0.2, 0.25) is 0 Å². The molecule has 20 heavy (non-hydrogen) atoms. The highest BCUT2D eigenvalue weighted by Crippen LogP contribution is 2.19. The van der Waals surface area contributed by atoms with Gasteiger partial charge < -0.3 is 5.32 Å². The predicted octanol–water partition coefficient (Wildman–Crippen LogP) is 3.44. The van der Waals surface area contributed by atoms with E-state index in [2.05, 4.69) is 24.4 Å². The lowest BCUT2D eigenvalue weighted by molar-refractivity contribution is -0.117. The summed E-state index contributed by atoms with van der Waals surface area (Å²) in [5, 5.41) is 11.9. The van der Waals surface area contributed by atoms with Gasteiger partial charge in [-0.05, 0) is 50.0 Å². The van der Waals surface area contributed by atoms with Gasteiger partial charge in [0.2, 0.25) is 0 Å². The fourth-order valence-electron chi connectivity index (χ4n) is 2.19. The van der Waals surface area contributed by atoms with Gasteiger partial charge in [-0.15, -0.1) is 0 Å². The molecule has 0 saturated carbocycles. The SMILES string of the molecule is CCCCNC(=O)/C(C#N)=C/c1c(C)cc(C)cc1C. The summed E-state index contributed by atoms with van der Waals surface area (Å²) in [5.41, 5.74) is 4.46. The number of nitriles is 1. The second kappa shape index (κ2) is 7.49. The van der Waals surface area contributed by atoms with Crippen molar-refractivity contribution in [1.82, 2.24) is 5.32 Å². The number of unbranched alkanes of at least 4 members (excludes halogenated alkanes) is 1. The molecule has 1 aromatic carbocycles. The summed E-state index contributed by atoms with van der Waals surface area (Å²) >= 11 is 0. The van der Waals surface area contributed by atoms with E-state index in [0.29, 0.717) is 6.54 Å². The fourth-order valence-corrected chi connectivity index (χ4v) is 2.19. The van der Waals surface area contributed by atoms with Gasteiger partial charge in [-0.2, -0.15) is 5.26 Å². The van der Waals surface area contributed by atoms with Crippen LogP contribution < -0.4 is 5.32 Å². The smallest absolute Gasteiger partial charge is 0.261 e. The van der Waals surface area contributed by atoms with E-state index in [1.165, 1.54) is 5.56 Å². The first-order chi connectivity index (χ1) is 9.49. The second-order valence-corrected chi connectivity index (χ2v) is 5.09. The molecule has 0 aromatic heterocycles. The number of carbonyl (C=O) groups excluding carboxylic acids is 1. The van der Waals surface area contributed by atoms with Gasteiger partial charge in [-0.1, -0.05) is 31.0 Å². The minimum atomic E-state index is -0.291. The van der Waals surface area contributed by atoms with E-state index in [0.717, 1.165) is 29.5 Å². The Balaban J connectivity index is 3.01. The summed E-state index contributed by atoms with van der Waals surface area (Å²) in [5.74, 6) is -0.291. The zero-order valence-electron chi connectivity index (χ0n) is 12.7. The van der Waals surface area contributed by atoms with E-state index in [1.54, 1.807) is 6.08 Å². The largest absolute Gasteiger partial charge is 0.351 e. The van der Waals surface area contributed by atoms with Gasteiger partial charge in [0.15, 0.2) is 0 Å². The first-order valence-corrected chi connectivity index (χ1v) is 6.97. The molecular formula is C17H22N2O. The molecule has 0 unspecified atom stereocenters. The lowest BCUT2D eigenvalue weighted by Crippen LogP contribution is -2.25. The Kier molecular flexibility index (Phi) is 5.99. The molecule has 0 saturated heterocycles. The lowest BCUT2D eigenvalue weighted by Gasteiger charge is -2.08. The molecule has 0 aliphatic carbocycles. The molecule has 0 radical (unpaired) electrons. The number of amides is 1. The fraction of sp³-hybridized carbons (Fsp3) is 0.412. The molecule has 1 amide bonds. The molecule has 0 heterocycles. The molecule has 0 aliphatic heterocycles. The highest BCUT2D eigenvalue weighted by atomic mass is 16.1. The van der Waals surface area contributed by atoms with E-state index < -0.39 is 0 Å². The number of nitrogens with zero attached hydrogens (tertiary/aromatic N) is 1. The minimum Gasteiger partial charge on any atom is -0.351 e. The first kappa shape index (κ1) is 16.0. The Morgan fingerprint density at radius 2 is 1.90 bits per heavy atom. The molecular weight excluding hydrogens is 248 g/mol. The van der Waals surface area contributed by atoms with Crippen LogP contribution in [0.5, 0.6) is 0 Å². The number of carbonyl (C=O) groups is 1. The van der Waals surface area contributed by atoms with Crippen molar-refractivity contribution in [1.29, 1.82) is 5.26 Å². The van der Waals surface area contributed by atoms with Gasteiger partial charge in [-0.25, -0.2) is 0 Å². The maximum Gasteiger partial charge on any atom is 0.261 e. The van der Waals surface area contributed by atoms with Gasteiger partial charge in [0.05, 0.1) is 0 Å². The number of nitrogens with one attached hydrogen (secondary N) is 1. The normalized spacial score (nSPS) is 11.1. The van der Waals surface area contributed by atoms with Gasteiger partial charge in [0.1, 0.15) is 11.6 Å². The highest BCUT2D eigenvalue weighted by Gasteiger charge is 2.10. The predicted molar refractivity (Wildman–Crippen MR) is 82.2 cm³/mol. The average molecular weight is 270 g/mol. The molecule has 0 spiro atoms. The van der Waals surface area contributed by atoms with Crippen molar-refractivity contribution < 1.29 is 4.79 Å². The molecule has 0 aliphatic rings. The molecule has 0 bridgehead atoms. The summed E-state index contributed by atoms with van der Waals surface area (Å²) in [6, 6.07) is 6.11. The third kappa shape index (κ3) is 4.24. The number of benzene rings is 1. The Hall–Kier alpha value is -2.08. The zero-order chi connectivity index (χ0) is 15.1. The summed E-state index contributed by atoms with van der Waals surface area (Å²) in [6.07, 6.45) is 3.63. The number of aryl methyl sites for hydroxylation is 3. The van der Waals surface area contributed by atoms with Gasteiger partial charge >= 0.3 is 0 Å². The number of hydrogen-bond acceptors (Lipinski definition) is 2. The van der Waals surface area contributed by atoms with Gasteiger partial charge in [0.25, 0.3) is 5.91 Å². The van der Waals surface area contributed by atoms with Crippen molar-refractivity contribution >= 4 is 12.0 Å². The standard InChI is InChI=1S/C17H22N2O/c1-5-6-7-19-17(20)15(11-18)10-16-13(3)8-12(2)9-14(16)4/h8-10H,5-7H2,1-4H3,(H,19,20)/b15-10+. The molecule has 0 fully saturated rings. The molecule has 3 heteroatoms. The van der Waals surface area contributed by atoms with Crippen LogP contribution >= 0.6 is 0 Å². The van der Waals surface area contributed by atoms with Crippen LogP contribution in [0, 0.1) is 32.1 Å². The minimum absolute atomic E-state index is 0.163. The van der Waals surface area contributed by atoms with Crippen molar-refractivity contribution in [3.63, 3.8) is 0 Å². The lowest BCUT2D eigenvalue weighted by atomic mass is 9.98. The first-order valence-electron chi connectivity index (χ1n) is 6.97. The van der Waals surface area contributed by atoms with E-state index in [9.17, 15) is 10.1 Å². The van der Waals surface area contributed by atoms with E-state index in [1.807, 2.05) is 26.8 Å². The zero-order valence-corrected chi connectivity index (χ0v) is 12.7.